The van der Waals surface area contributed by atoms with E-state index in [2.05, 4.69) is 0 Å². The van der Waals surface area contributed by atoms with E-state index in [0.29, 0.717) is 21.8 Å². The minimum absolute atomic E-state index is 0.383. The molecule has 1 aromatic heterocycles. The molecule has 0 aliphatic heterocycles. The second-order valence-electron chi connectivity index (χ2n) is 2.52. The van der Waals surface area contributed by atoms with Crippen LogP contribution in [-0.4, -0.2) is 5.21 Å². The molecule has 1 aromatic rings. The number of nitriles is 1. The lowest BCUT2D eigenvalue weighted by Crippen LogP contribution is -2.34. The van der Waals surface area contributed by atoms with Crippen LogP contribution in [0.15, 0.2) is 6.20 Å². The highest BCUT2D eigenvalue weighted by Gasteiger charge is 2.16. The predicted molar refractivity (Wildman–Crippen MR) is 43.0 cm³/mol. The van der Waals surface area contributed by atoms with Crippen LogP contribution in [0.5, 0.6) is 0 Å². The molecular formula is C8H8ClN2O+. The molecule has 0 amide bonds. The third kappa shape index (κ3) is 1.21. The normalized spacial score (nSPS) is 9.50. The van der Waals surface area contributed by atoms with Gasteiger partial charge in [-0.2, -0.15) is 5.26 Å². The fraction of sp³-hybridized carbons (Fsp3) is 0.250. The first-order valence-electron chi connectivity index (χ1n) is 3.38. The molecule has 0 aliphatic carbocycles. The van der Waals surface area contributed by atoms with Gasteiger partial charge < -0.3 is 0 Å². The number of halogens is 1. The van der Waals surface area contributed by atoms with E-state index in [1.807, 2.05) is 6.07 Å². The van der Waals surface area contributed by atoms with Crippen molar-refractivity contribution in [2.45, 2.75) is 13.8 Å². The number of rotatable bonds is 0. The summed E-state index contributed by atoms with van der Waals surface area (Å²) in [7, 11) is 0. The van der Waals surface area contributed by atoms with Crippen LogP contribution < -0.4 is 4.73 Å². The van der Waals surface area contributed by atoms with Crippen molar-refractivity contribution in [3.05, 3.63) is 28.0 Å². The summed E-state index contributed by atoms with van der Waals surface area (Å²) in [6.07, 6.45) is 1.34. The van der Waals surface area contributed by atoms with Gasteiger partial charge in [-0.05, 0) is 12.5 Å². The van der Waals surface area contributed by atoms with Gasteiger partial charge >= 0.3 is 0 Å². The van der Waals surface area contributed by atoms with Crippen LogP contribution in [0.2, 0.25) is 5.02 Å². The van der Waals surface area contributed by atoms with Gasteiger partial charge in [0.05, 0.1) is 0 Å². The Morgan fingerprint density at radius 1 is 1.58 bits per heavy atom. The number of pyridine rings is 1. The smallest absolute Gasteiger partial charge is 0.249 e. The average Bonchev–Trinajstić information content (AvgIpc) is 2.08. The maximum absolute atomic E-state index is 9.22. The topological polar surface area (TPSA) is 47.9 Å². The van der Waals surface area contributed by atoms with Crippen LogP contribution in [0.3, 0.4) is 0 Å². The molecule has 62 valence electrons. The van der Waals surface area contributed by atoms with Crippen molar-refractivity contribution >= 4 is 11.6 Å². The van der Waals surface area contributed by atoms with Crippen molar-refractivity contribution in [2.24, 2.45) is 0 Å². The molecular weight excluding hydrogens is 176 g/mol. The van der Waals surface area contributed by atoms with Gasteiger partial charge in [0.2, 0.25) is 11.9 Å². The molecule has 1 rings (SSSR count). The minimum Gasteiger partial charge on any atom is -0.285 e. The van der Waals surface area contributed by atoms with Crippen molar-refractivity contribution in [2.75, 3.05) is 0 Å². The van der Waals surface area contributed by atoms with Crippen molar-refractivity contribution in [3.63, 3.8) is 0 Å². The number of hydrogen-bond donors (Lipinski definition) is 1. The summed E-state index contributed by atoms with van der Waals surface area (Å²) in [6, 6.07) is 1.94. The molecule has 0 saturated carbocycles. The Hall–Kier alpha value is -1.27. The summed E-state index contributed by atoms with van der Waals surface area (Å²) in [5.41, 5.74) is 1.61. The quantitative estimate of drug-likeness (QED) is 0.488. The van der Waals surface area contributed by atoms with Crippen molar-refractivity contribution < 1.29 is 9.94 Å². The molecule has 0 aliphatic rings. The van der Waals surface area contributed by atoms with Crippen molar-refractivity contribution in [1.29, 1.82) is 5.26 Å². The van der Waals surface area contributed by atoms with E-state index < -0.39 is 0 Å². The Morgan fingerprint density at radius 2 is 2.17 bits per heavy atom. The Bertz CT molecular complexity index is 368. The SMILES string of the molecule is Cc1c(C#N)c[n+](O)c(C)c1Cl. The van der Waals surface area contributed by atoms with Crippen LogP contribution in [-0.2, 0) is 0 Å². The molecule has 0 aromatic carbocycles. The van der Waals surface area contributed by atoms with Crippen molar-refractivity contribution in [1.82, 2.24) is 0 Å². The van der Waals surface area contributed by atoms with Gasteiger partial charge in [-0.1, -0.05) is 11.6 Å². The fourth-order valence-electron chi connectivity index (χ4n) is 0.919. The summed E-state index contributed by atoms with van der Waals surface area (Å²) < 4.78 is 0.855. The highest BCUT2D eigenvalue weighted by Crippen LogP contribution is 2.18. The number of hydrogen-bond acceptors (Lipinski definition) is 2. The zero-order valence-electron chi connectivity index (χ0n) is 6.80. The van der Waals surface area contributed by atoms with E-state index in [-0.39, 0.29) is 0 Å². The highest BCUT2D eigenvalue weighted by atomic mass is 35.5. The molecule has 0 bridgehead atoms. The maximum Gasteiger partial charge on any atom is 0.249 e. The zero-order valence-corrected chi connectivity index (χ0v) is 7.55. The van der Waals surface area contributed by atoms with Gasteiger partial charge in [0.25, 0.3) is 0 Å². The Labute approximate surface area is 75.4 Å². The van der Waals surface area contributed by atoms with Crippen LogP contribution >= 0.6 is 11.6 Å². The van der Waals surface area contributed by atoms with Crippen LogP contribution in [0.25, 0.3) is 0 Å². The summed E-state index contributed by atoms with van der Waals surface area (Å²) >= 11 is 5.83. The molecule has 0 spiro atoms. The van der Waals surface area contributed by atoms with E-state index in [9.17, 15) is 5.21 Å². The zero-order chi connectivity index (χ0) is 9.30. The second-order valence-corrected chi connectivity index (χ2v) is 2.90. The van der Waals surface area contributed by atoms with Gasteiger partial charge in [-0.3, -0.25) is 5.21 Å². The van der Waals surface area contributed by atoms with E-state index in [1.165, 1.54) is 6.20 Å². The summed E-state index contributed by atoms with van der Waals surface area (Å²) in [4.78, 5) is 0. The predicted octanol–water partition coefficient (Wildman–Crippen LogP) is 1.35. The molecule has 0 fully saturated rings. The largest absolute Gasteiger partial charge is 0.285 e. The first kappa shape index (κ1) is 8.82. The lowest BCUT2D eigenvalue weighted by atomic mass is 10.1. The number of aromatic nitrogens is 1. The third-order valence-corrected chi connectivity index (χ3v) is 2.32. The van der Waals surface area contributed by atoms with Gasteiger partial charge in [-0.15, -0.1) is 0 Å². The minimum atomic E-state index is 0.383. The van der Waals surface area contributed by atoms with Gasteiger partial charge in [0.1, 0.15) is 16.7 Å². The molecule has 4 heteroatoms. The van der Waals surface area contributed by atoms with Gasteiger partial charge in [0, 0.05) is 11.7 Å². The Balaban J connectivity index is 3.52. The lowest BCUT2D eigenvalue weighted by Gasteiger charge is -1.98. The van der Waals surface area contributed by atoms with E-state index in [0.717, 1.165) is 4.73 Å². The van der Waals surface area contributed by atoms with E-state index in [1.54, 1.807) is 13.8 Å². The standard InChI is InChI=1S/C8H8ClN2O/c1-5-7(3-10)4-11(12)6(2)8(5)9/h4,12H,1-2H3/q+1. The van der Waals surface area contributed by atoms with E-state index in [4.69, 9.17) is 16.9 Å². The first-order chi connectivity index (χ1) is 5.57. The molecule has 0 unspecified atom stereocenters. The second kappa shape index (κ2) is 3.00. The third-order valence-electron chi connectivity index (χ3n) is 1.77. The highest BCUT2D eigenvalue weighted by molar-refractivity contribution is 6.31. The van der Waals surface area contributed by atoms with Crippen molar-refractivity contribution in [3.8, 4) is 6.07 Å². The van der Waals surface area contributed by atoms with Crippen LogP contribution in [0, 0.1) is 25.2 Å². The summed E-state index contributed by atoms with van der Waals surface area (Å²) in [5.74, 6) is 0. The number of nitrogens with zero attached hydrogens (tertiary/aromatic N) is 2. The van der Waals surface area contributed by atoms with Gasteiger partial charge in [-0.25, -0.2) is 0 Å². The average molecular weight is 184 g/mol. The van der Waals surface area contributed by atoms with E-state index >= 15 is 0 Å². The molecule has 3 nitrogen and oxygen atoms in total. The van der Waals surface area contributed by atoms with Crippen LogP contribution in [0.4, 0.5) is 0 Å². The summed E-state index contributed by atoms with van der Waals surface area (Å²) in [6.45, 7) is 3.42. The Morgan fingerprint density at radius 3 is 2.67 bits per heavy atom. The molecule has 0 atom stereocenters. The molecule has 1 heterocycles. The molecule has 12 heavy (non-hydrogen) atoms. The monoisotopic (exact) mass is 183 g/mol. The lowest BCUT2D eigenvalue weighted by molar-refractivity contribution is -0.908. The summed E-state index contributed by atoms with van der Waals surface area (Å²) in [5, 5.41) is 18.3. The molecule has 0 saturated heterocycles. The van der Waals surface area contributed by atoms with Gasteiger partial charge in [0.15, 0.2) is 0 Å². The van der Waals surface area contributed by atoms with Crippen LogP contribution in [0.1, 0.15) is 16.8 Å². The molecule has 0 radical (unpaired) electrons. The Kier molecular flexibility index (Phi) is 2.20. The maximum atomic E-state index is 9.22. The fourth-order valence-corrected chi connectivity index (χ4v) is 1.11. The first-order valence-corrected chi connectivity index (χ1v) is 3.76. The molecule has 1 N–H and O–H groups in total.